The quantitative estimate of drug-likeness (QED) is 0.0143. The van der Waals surface area contributed by atoms with Gasteiger partial charge in [-0.05, 0) is 124 Å². The molecule has 1 aliphatic rings. The number of carboxylic acids is 5. The second kappa shape index (κ2) is 52.5. The number of carboxylic acid groups (broad SMARTS) is 5. The van der Waals surface area contributed by atoms with E-state index in [1.54, 1.807) is 36.6 Å². The van der Waals surface area contributed by atoms with Gasteiger partial charge in [-0.1, -0.05) is 126 Å². The van der Waals surface area contributed by atoms with Crippen LogP contribution in [0.3, 0.4) is 0 Å². The highest BCUT2D eigenvalue weighted by molar-refractivity contribution is 8.76. The molecule has 0 bridgehead atoms. The molecule has 1 aliphatic heterocycles. The van der Waals surface area contributed by atoms with E-state index in [0.29, 0.717) is 61.1 Å². The molecule has 0 spiro atoms. The Morgan fingerprint density at radius 2 is 1.28 bits per heavy atom. The number of carbonyl (C=O) groups excluding carboxylic acids is 11. The number of Topliss-reactive ketones (excluding diaryl/α,β-unsaturated/α-hetero) is 4. The number of benzene rings is 2. The number of phenols is 1. The number of aromatic hydroxyl groups is 1. The first-order chi connectivity index (χ1) is 55.0. The number of amides is 5. The van der Waals surface area contributed by atoms with Gasteiger partial charge in [0, 0.05) is 85.8 Å². The number of piperidine rings is 1. The van der Waals surface area contributed by atoms with Crippen LogP contribution in [-0.2, 0) is 101 Å². The van der Waals surface area contributed by atoms with Gasteiger partial charge in [0.05, 0.1) is 60.5 Å². The van der Waals surface area contributed by atoms with Crippen LogP contribution < -0.4 is 26.6 Å². The van der Waals surface area contributed by atoms with Crippen molar-refractivity contribution in [1.29, 1.82) is 0 Å². The second-order valence-corrected chi connectivity index (χ2v) is 33.9. The zero-order chi connectivity index (χ0) is 86.1. The molecule has 12 atom stereocenters. The first-order valence-electron chi connectivity index (χ1n) is 39.7. The van der Waals surface area contributed by atoms with Crippen molar-refractivity contribution < 1.29 is 117 Å². The number of likely N-dealkylation sites (tertiary alicyclic amines) is 1. The summed E-state index contributed by atoms with van der Waals surface area (Å²) in [5.74, 6) is -18.3. The molecule has 31 nitrogen and oxygen atoms in total. The van der Waals surface area contributed by atoms with Crippen LogP contribution in [0.5, 0.6) is 5.75 Å². The number of ketones is 4. The Kier molecular flexibility index (Phi) is 44.9. The van der Waals surface area contributed by atoms with E-state index in [9.17, 15) is 97.5 Å². The summed E-state index contributed by atoms with van der Waals surface area (Å²) >= 11 is 1.28. The summed E-state index contributed by atoms with van der Waals surface area (Å²) in [6, 6.07) is 8.21. The lowest BCUT2D eigenvalue weighted by atomic mass is 9.70. The van der Waals surface area contributed by atoms with Crippen molar-refractivity contribution in [1.82, 2.24) is 36.5 Å². The van der Waals surface area contributed by atoms with E-state index in [1.165, 1.54) is 35.6 Å². The second-order valence-electron chi connectivity index (χ2n) is 30.4. The summed E-state index contributed by atoms with van der Waals surface area (Å²) < 4.78 is 11.1. The first kappa shape index (κ1) is 99.2. The SMILES string of the molecule is CCCC(=O)OCC(C(=O)[C@@H](CC(=O)[C@H]1CCCCN1C)C(C)CC)[C@H](C[C@@H](C)c1nc(C(=O)N[C@@H](Cc2ccc(O)cc2)C[C@H](C)C(=O)NCC(=O)OCCSSC[C@H](NC(=O)[C@H](CC(=O)O)CC(=O)[C@H](CC(=O)O)NC(=O)Cc2ccc(CC(=O)NCCCC[C@H](CC(=O)CCCCC(=O)O)C(=O)O)cc2)C(=O)O)cs1)C(C)C. The predicted molar refractivity (Wildman–Crippen MR) is 433 cm³/mol. The third-order valence-electron chi connectivity index (χ3n) is 20.6. The van der Waals surface area contributed by atoms with Crippen molar-refractivity contribution in [3.8, 4) is 5.75 Å². The normalized spacial score (nSPS) is 15.7. The van der Waals surface area contributed by atoms with Crippen LogP contribution >= 0.6 is 32.9 Å². The van der Waals surface area contributed by atoms with Crippen molar-refractivity contribution in [2.75, 3.05) is 51.4 Å². The highest BCUT2D eigenvalue weighted by Gasteiger charge is 2.41. The van der Waals surface area contributed by atoms with E-state index < -0.39 is 145 Å². The Balaban J connectivity index is 1.27. The Morgan fingerprint density at radius 1 is 0.629 bits per heavy atom. The van der Waals surface area contributed by atoms with E-state index in [0.717, 1.165) is 53.0 Å². The van der Waals surface area contributed by atoms with Crippen LogP contribution in [0.15, 0.2) is 53.9 Å². The number of phenolic OH excluding ortho intramolecular Hbond substituents is 1. The van der Waals surface area contributed by atoms with Crippen molar-refractivity contribution in [2.45, 2.75) is 226 Å². The average molecular weight is 1680 g/mol. The molecular weight excluding hydrogens is 1560 g/mol. The molecule has 4 rings (SSSR count). The zero-order valence-corrected chi connectivity index (χ0v) is 70.0. The molecule has 0 aliphatic carbocycles. The largest absolute Gasteiger partial charge is 0.508 e. The number of unbranched alkanes of at least 4 members (excludes halogenated alkanes) is 2. The summed E-state index contributed by atoms with van der Waals surface area (Å²) in [7, 11) is 3.93. The summed E-state index contributed by atoms with van der Waals surface area (Å²) in [6.07, 6.45) is 3.24. The number of nitrogens with one attached hydrogen (secondary N) is 5. The maximum atomic E-state index is 15.0. The first-order valence-corrected chi connectivity index (χ1v) is 43.1. The molecule has 11 N–H and O–H groups in total. The summed E-state index contributed by atoms with van der Waals surface area (Å²) in [6.45, 7) is 13.7. The van der Waals surface area contributed by atoms with Crippen molar-refractivity contribution in [2.24, 2.45) is 47.3 Å². The van der Waals surface area contributed by atoms with Crippen molar-refractivity contribution in [3.05, 3.63) is 81.3 Å². The number of hydrogen-bond acceptors (Lipinski definition) is 24. The molecule has 1 saturated heterocycles. The monoisotopic (exact) mass is 1680 g/mol. The molecule has 116 heavy (non-hydrogen) atoms. The molecule has 34 heteroatoms. The van der Waals surface area contributed by atoms with E-state index >= 15 is 4.79 Å². The summed E-state index contributed by atoms with van der Waals surface area (Å²) in [5, 5.41) is 72.9. The predicted octanol–water partition coefficient (Wildman–Crippen LogP) is 8.61. The fourth-order valence-corrected chi connectivity index (χ4v) is 16.6. The lowest BCUT2D eigenvalue weighted by Gasteiger charge is -2.36. The molecule has 2 unspecified atom stereocenters. The molecule has 0 saturated carbocycles. The van der Waals surface area contributed by atoms with Gasteiger partial charge in [-0.15, -0.1) is 11.3 Å². The number of thiazole rings is 1. The van der Waals surface area contributed by atoms with Gasteiger partial charge >= 0.3 is 41.8 Å². The Morgan fingerprint density at radius 3 is 1.90 bits per heavy atom. The molecule has 5 amide bonds. The Hall–Kier alpha value is -9.15. The van der Waals surface area contributed by atoms with Crippen molar-refractivity contribution in [3.63, 3.8) is 0 Å². The van der Waals surface area contributed by atoms with Gasteiger partial charge in [0.1, 0.15) is 48.8 Å². The maximum absolute atomic E-state index is 15.0. The van der Waals surface area contributed by atoms with Crippen LogP contribution in [0.25, 0.3) is 0 Å². The van der Waals surface area contributed by atoms with Crippen LogP contribution in [0.4, 0.5) is 0 Å². The molecule has 3 aromatic rings. The molecule has 2 aromatic carbocycles. The average Bonchev–Trinajstić information content (AvgIpc) is 1.68. The highest BCUT2D eigenvalue weighted by atomic mass is 33.1. The Labute approximate surface area is 689 Å². The van der Waals surface area contributed by atoms with Gasteiger partial charge < -0.3 is 66.7 Å². The number of carbonyl (C=O) groups is 16. The van der Waals surface area contributed by atoms with E-state index in [-0.39, 0.29) is 160 Å². The fourth-order valence-electron chi connectivity index (χ4n) is 13.8. The molecule has 1 fully saturated rings. The number of aliphatic carboxylic acids is 5. The number of hydrogen-bond donors (Lipinski definition) is 11. The minimum Gasteiger partial charge on any atom is -0.508 e. The van der Waals surface area contributed by atoms with Gasteiger partial charge in [-0.25, -0.2) is 9.78 Å². The van der Waals surface area contributed by atoms with Gasteiger partial charge in [-0.2, -0.15) is 0 Å². The third kappa shape index (κ3) is 37.4. The molecular formula is C82H117N7O24S3. The topological polar surface area (TPSA) is 489 Å². The standard InChI is InChI=1S/C82H117N7O24S3/c1-9-17-74(102)113-45-62(76(104)61(49(5)10-2)42-68(93)66-20-14-16-31-89(66)8)60(48(3)4)35-51(7)80-88-64(46-114-80)79(107)85-57(36-52-26-28-58(90)29-27-52)34-50(6)77(105)84-44-75(103)112-32-33-115-116-47-65(82(110)111)87-78(106)56(41-72(98)99)40-67(92)63(43-73(100)101)86-70(95)38-54-24-22-53(23-25-54)37-69(94)83-30-15-13-18-55(81(108)109)39-59(91)19-11-12-21-71(96)97/h22-29,46,48-51,55-57,60-63,65-66,90H,9-21,30-45,47H2,1-8H3,(H,83,94)(H,84,105)(H,85,107)(H,86,95)(H,87,106)(H,96,97)(H,98,99)(H,100,101)(H,108,109)(H,110,111)/t49?,50-,51+,55+,56-,57+,60+,61-,62?,63-,65-,66+/m0/s1. The minimum absolute atomic E-state index is 0.0198. The highest BCUT2D eigenvalue weighted by Crippen LogP contribution is 2.39. The van der Waals surface area contributed by atoms with Gasteiger partial charge in [-0.3, -0.25) is 76.8 Å². The van der Waals surface area contributed by atoms with Gasteiger partial charge in [0.15, 0.2) is 11.6 Å². The molecule has 642 valence electrons. The number of ether oxygens (including phenoxy) is 2. The molecule has 0 radical (unpaired) electrons. The fraction of sp³-hybridized carbons (Fsp3) is 0.622. The number of esters is 2. The lowest BCUT2D eigenvalue weighted by molar-refractivity contribution is -0.150. The molecule has 1 aromatic heterocycles. The van der Waals surface area contributed by atoms with E-state index in [4.69, 9.17) is 19.6 Å². The summed E-state index contributed by atoms with van der Waals surface area (Å²) in [4.78, 5) is 213. The third-order valence-corrected chi connectivity index (χ3v) is 24.1. The van der Waals surface area contributed by atoms with Crippen LogP contribution in [-0.4, -0.2) is 211 Å². The molecule has 2 heterocycles. The van der Waals surface area contributed by atoms with Gasteiger partial charge in [0.25, 0.3) is 5.91 Å². The van der Waals surface area contributed by atoms with E-state index in [1.807, 2.05) is 48.6 Å². The summed E-state index contributed by atoms with van der Waals surface area (Å²) in [5.41, 5.74) is 1.79. The number of rotatable bonds is 59. The minimum atomic E-state index is -1.74. The van der Waals surface area contributed by atoms with Crippen molar-refractivity contribution >= 4 is 127 Å². The zero-order valence-electron chi connectivity index (χ0n) is 67.6. The van der Waals surface area contributed by atoms with Crippen LogP contribution in [0.2, 0.25) is 0 Å². The maximum Gasteiger partial charge on any atom is 0.327 e. The van der Waals surface area contributed by atoms with Gasteiger partial charge in [0.2, 0.25) is 23.6 Å². The lowest BCUT2D eigenvalue weighted by Crippen LogP contribution is -2.48. The van der Waals surface area contributed by atoms with Crippen LogP contribution in [0, 0.1) is 47.3 Å². The smallest absolute Gasteiger partial charge is 0.327 e. The number of nitrogens with zero attached hydrogens (tertiary/aromatic N) is 2. The number of aromatic nitrogens is 1. The Bertz CT molecular complexity index is 3780. The van der Waals surface area contributed by atoms with E-state index in [2.05, 4.69) is 31.5 Å². The number of likely N-dealkylation sites (N-methyl/N-ethyl adjacent to an activating group) is 1. The van der Waals surface area contributed by atoms with Crippen LogP contribution in [0.1, 0.15) is 215 Å².